The Labute approximate surface area is 223 Å². The number of nitrogens with one attached hydrogen (secondary N) is 1. The number of aromatic nitrogens is 3. The number of pyridine rings is 1. The van der Waals surface area contributed by atoms with Gasteiger partial charge in [-0.15, -0.1) is 5.10 Å². The van der Waals surface area contributed by atoms with Gasteiger partial charge in [0, 0.05) is 25.9 Å². The molecule has 3 aromatic rings. The van der Waals surface area contributed by atoms with E-state index in [4.69, 9.17) is 0 Å². The second-order valence-corrected chi connectivity index (χ2v) is 13.8. The molecule has 3 aliphatic carbocycles. The van der Waals surface area contributed by atoms with E-state index in [1.54, 1.807) is 12.1 Å². The summed E-state index contributed by atoms with van der Waals surface area (Å²) in [7, 11) is -3.45. The molecule has 4 aliphatic rings. The van der Waals surface area contributed by atoms with Crippen LogP contribution in [-0.2, 0) is 9.84 Å². The molecule has 1 saturated heterocycles. The molecule has 1 amide bonds. The lowest BCUT2D eigenvalue weighted by atomic mass is 9.88. The molecule has 0 unspecified atom stereocenters. The number of piperidine rings is 1. The van der Waals surface area contributed by atoms with Gasteiger partial charge in [0.1, 0.15) is 5.82 Å². The number of alkyl halides is 2. The van der Waals surface area contributed by atoms with Crippen LogP contribution in [0.25, 0.3) is 11.0 Å². The van der Waals surface area contributed by atoms with Crippen molar-refractivity contribution < 1.29 is 26.4 Å². The Balaban J connectivity index is 1.20. The molecule has 3 saturated carbocycles. The maximum atomic E-state index is 14.4. The molecular formula is C27H28F3N5O3S. The van der Waals surface area contributed by atoms with Gasteiger partial charge in [0.15, 0.2) is 15.5 Å². The number of carbonyl (C=O) groups excluding carboxylic acids is 1. The first-order valence-electron chi connectivity index (χ1n) is 13.4. The number of hydrogen-bond donors (Lipinski definition) is 1. The van der Waals surface area contributed by atoms with Crippen LogP contribution in [0.15, 0.2) is 35.2 Å². The van der Waals surface area contributed by atoms with Gasteiger partial charge < -0.3 is 10.2 Å². The zero-order valence-corrected chi connectivity index (χ0v) is 22.0. The molecule has 1 aliphatic heterocycles. The van der Waals surface area contributed by atoms with Crippen molar-refractivity contribution in [2.45, 2.75) is 73.5 Å². The van der Waals surface area contributed by atoms with E-state index in [9.17, 15) is 26.4 Å². The minimum absolute atomic E-state index is 0.0841. The SMILES string of the molecule is O=C(Nc1ccc2c(F)nn(C3CC(F)(F)C3)c2n1)c1ccc(S(=O)(=O)C2CC2)cc1N1CCC2(CC1)CC2. The fourth-order valence-electron chi connectivity index (χ4n) is 5.90. The molecule has 39 heavy (non-hydrogen) atoms. The van der Waals surface area contributed by atoms with Gasteiger partial charge in [0.25, 0.3) is 11.8 Å². The summed E-state index contributed by atoms with van der Waals surface area (Å²) in [6.45, 7) is 1.48. The first-order chi connectivity index (χ1) is 18.5. The van der Waals surface area contributed by atoms with E-state index >= 15 is 0 Å². The normalized spacial score (nSPS) is 22.2. The first kappa shape index (κ1) is 24.9. The summed E-state index contributed by atoms with van der Waals surface area (Å²) < 4.78 is 68.4. The highest BCUT2D eigenvalue weighted by atomic mass is 32.2. The fraction of sp³-hybridized carbons (Fsp3) is 0.519. The third kappa shape index (κ3) is 4.36. The zero-order chi connectivity index (χ0) is 27.2. The molecule has 206 valence electrons. The summed E-state index contributed by atoms with van der Waals surface area (Å²) in [5.74, 6) is -3.98. The van der Waals surface area contributed by atoms with Crippen molar-refractivity contribution in [1.82, 2.24) is 14.8 Å². The van der Waals surface area contributed by atoms with Gasteiger partial charge in [-0.3, -0.25) is 4.79 Å². The number of halogens is 3. The van der Waals surface area contributed by atoms with Crippen LogP contribution >= 0.6 is 0 Å². The van der Waals surface area contributed by atoms with Crippen LogP contribution in [0.2, 0.25) is 0 Å². The summed E-state index contributed by atoms with van der Waals surface area (Å²) in [5, 5.41) is 6.24. The lowest BCUT2D eigenvalue weighted by Gasteiger charge is -2.35. The standard InChI is InChI=1S/C27H28F3N5O3S/c28-23-20-5-6-22(31-24(20)35(33-23)16-14-27(29,30)15-16)32-25(36)19-4-3-18(39(37,38)17-1-2-17)13-21(19)34-11-9-26(7-8-26)10-12-34/h3-6,13,16-17H,1-2,7-12,14-15H2,(H,31,32,36). The van der Waals surface area contributed by atoms with Gasteiger partial charge in [0.05, 0.1) is 32.8 Å². The van der Waals surface area contributed by atoms with Gasteiger partial charge in [-0.2, -0.15) is 4.39 Å². The zero-order valence-electron chi connectivity index (χ0n) is 21.2. The monoisotopic (exact) mass is 559 g/mol. The fourth-order valence-corrected chi connectivity index (χ4v) is 7.58. The summed E-state index contributed by atoms with van der Waals surface area (Å²) in [6.07, 6.45) is 4.84. The van der Waals surface area contributed by atoms with E-state index in [2.05, 4.69) is 20.3 Å². The maximum absolute atomic E-state index is 14.4. The number of benzene rings is 1. The second-order valence-electron chi connectivity index (χ2n) is 11.6. The quantitative estimate of drug-likeness (QED) is 0.451. The van der Waals surface area contributed by atoms with Gasteiger partial charge in [0.2, 0.25) is 5.95 Å². The van der Waals surface area contributed by atoms with Crippen molar-refractivity contribution in [3.63, 3.8) is 0 Å². The molecule has 0 radical (unpaired) electrons. The molecular weight excluding hydrogens is 531 g/mol. The Morgan fingerprint density at radius 1 is 1.03 bits per heavy atom. The summed E-state index contributed by atoms with van der Waals surface area (Å²) in [4.78, 5) is 20.2. The molecule has 0 atom stereocenters. The average Bonchev–Trinajstić information content (AvgIpc) is 3.83. The van der Waals surface area contributed by atoms with Crippen molar-refractivity contribution in [3.8, 4) is 0 Å². The van der Waals surface area contributed by atoms with Crippen LogP contribution in [0.3, 0.4) is 0 Å². The summed E-state index contributed by atoms with van der Waals surface area (Å²) in [6, 6.07) is 6.82. The number of rotatable bonds is 6. The van der Waals surface area contributed by atoms with Crippen molar-refractivity contribution in [2.24, 2.45) is 5.41 Å². The Morgan fingerprint density at radius 3 is 2.38 bits per heavy atom. The largest absolute Gasteiger partial charge is 0.371 e. The van der Waals surface area contributed by atoms with Gasteiger partial charge in [-0.1, -0.05) is 0 Å². The smallest absolute Gasteiger partial charge is 0.258 e. The molecule has 12 heteroatoms. The van der Waals surface area contributed by atoms with E-state index in [-0.39, 0.29) is 27.0 Å². The van der Waals surface area contributed by atoms with Crippen molar-refractivity contribution in [3.05, 3.63) is 41.8 Å². The van der Waals surface area contributed by atoms with E-state index < -0.39 is 46.5 Å². The van der Waals surface area contributed by atoms with Crippen molar-refractivity contribution in [2.75, 3.05) is 23.3 Å². The Hall–Kier alpha value is -3.15. The number of hydrogen-bond acceptors (Lipinski definition) is 6. The number of fused-ring (bicyclic) bond motifs is 1. The second kappa shape index (κ2) is 8.42. The van der Waals surface area contributed by atoms with E-state index in [1.165, 1.54) is 35.7 Å². The van der Waals surface area contributed by atoms with Crippen LogP contribution in [-0.4, -0.2) is 53.4 Å². The summed E-state index contributed by atoms with van der Waals surface area (Å²) >= 11 is 0. The van der Waals surface area contributed by atoms with Crippen LogP contribution in [0.4, 0.5) is 24.7 Å². The number of amides is 1. The van der Waals surface area contributed by atoms with Gasteiger partial charge in [-0.05, 0) is 74.3 Å². The highest BCUT2D eigenvalue weighted by Crippen LogP contribution is 2.54. The lowest BCUT2D eigenvalue weighted by Crippen LogP contribution is -2.37. The minimum atomic E-state index is -3.45. The third-order valence-corrected chi connectivity index (χ3v) is 11.1. The Bertz CT molecular complexity index is 1600. The van der Waals surface area contributed by atoms with Gasteiger partial charge >= 0.3 is 0 Å². The van der Waals surface area contributed by atoms with E-state index in [0.717, 1.165) is 25.9 Å². The van der Waals surface area contributed by atoms with E-state index in [1.807, 2.05) is 0 Å². The van der Waals surface area contributed by atoms with E-state index in [0.29, 0.717) is 29.5 Å². The average molecular weight is 560 g/mol. The number of anilines is 2. The molecule has 3 heterocycles. The Kier molecular flexibility index (Phi) is 5.37. The van der Waals surface area contributed by atoms with Crippen LogP contribution < -0.4 is 10.2 Å². The molecule has 0 bridgehead atoms. The molecule has 1 spiro atoms. The van der Waals surface area contributed by atoms with Crippen LogP contribution in [0.5, 0.6) is 0 Å². The summed E-state index contributed by atoms with van der Waals surface area (Å²) in [5.41, 5.74) is 1.37. The molecule has 8 nitrogen and oxygen atoms in total. The predicted octanol–water partition coefficient (Wildman–Crippen LogP) is 5.11. The Morgan fingerprint density at radius 2 is 1.74 bits per heavy atom. The van der Waals surface area contributed by atoms with Crippen molar-refractivity contribution >= 4 is 38.3 Å². The third-order valence-electron chi connectivity index (χ3n) is 8.79. The maximum Gasteiger partial charge on any atom is 0.258 e. The van der Waals surface area contributed by atoms with Crippen molar-refractivity contribution in [1.29, 1.82) is 0 Å². The number of carbonyl (C=O) groups is 1. The topological polar surface area (TPSA) is 97.2 Å². The number of sulfone groups is 1. The minimum Gasteiger partial charge on any atom is -0.371 e. The lowest BCUT2D eigenvalue weighted by molar-refractivity contribution is -0.106. The molecule has 2 aromatic heterocycles. The molecule has 7 rings (SSSR count). The first-order valence-corrected chi connectivity index (χ1v) is 15.0. The highest BCUT2D eigenvalue weighted by Gasteiger charge is 2.48. The predicted molar refractivity (Wildman–Crippen MR) is 138 cm³/mol. The highest BCUT2D eigenvalue weighted by molar-refractivity contribution is 7.92. The molecule has 1 N–H and O–H groups in total. The number of nitrogens with zero attached hydrogens (tertiary/aromatic N) is 4. The molecule has 1 aromatic carbocycles. The van der Waals surface area contributed by atoms with Gasteiger partial charge in [-0.25, -0.2) is 26.9 Å². The van der Waals surface area contributed by atoms with Crippen LogP contribution in [0, 0.1) is 11.4 Å². The molecule has 4 fully saturated rings. The van der Waals surface area contributed by atoms with Crippen LogP contribution in [0.1, 0.15) is 67.8 Å².